The fraction of sp³-hybridized carbons (Fsp3) is 0.429. The second kappa shape index (κ2) is 6.37. The lowest BCUT2D eigenvalue weighted by Gasteiger charge is -2.34. The molecule has 1 heterocycles. The molecule has 1 aliphatic heterocycles. The Hall–Kier alpha value is -1.40. The van der Waals surface area contributed by atoms with Crippen molar-refractivity contribution in [2.24, 2.45) is 0 Å². The van der Waals surface area contributed by atoms with E-state index in [-0.39, 0.29) is 11.8 Å². The molecule has 0 saturated carbocycles. The van der Waals surface area contributed by atoms with Crippen LogP contribution in [-0.4, -0.2) is 59.5 Å². The van der Waals surface area contributed by atoms with Crippen LogP contribution in [0.3, 0.4) is 0 Å². The topological polar surface area (TPSA) is 60.9 Å². The number of aliphatic hydroxyl groups excluding tert-OH is 1. The zero-order chi connectivity index (χ0) is 14.7. The molecule has 6 heteroatoms. The maximum absolute atomic E-state index is 12.4. The van der Waals surface area contributed by atoms with Crippen molar-refractivity contribution in [1.82, 2.24) is 9.80 Å². The molecule has 0 bridgehead atoms. The summed E-state index contributed by atoms with van der Waals surface area (Å²) in [6.07, 6.45) is 0. The number of halogens is 1. The molecule has 1 aromatic rings. The van der Waals surface area contributed by atoms with Gasteiger partial charge in [-0.15, -0.1) is 0 Å². The van der Waals surface area contributed by atoms with Crippen LogP contribution in [0.1, 0.15) is 15.9 Å². The largest absolute Gasteiger partial charge is 0.387 e. The second-order valence-electron chi connectivity index (χ2n) is 4.85. The fourth-order valence-electron chi connectivity index (χ4n) is 2.30. The highest BCUT2D eigenvalue weighted by Gasteiger charge is 2.24. The van der Waals surface area contributed by atoms with E-state index in [2.05, 4.69) is 15.9 Å². The summed E-state index contributed by atoms with van der Waals surface area (Å²) in [5, 5.41) is 8.82. The molecular formula is C14H17BrN2O3. The van der Waals surface area contributed by atoms with Crippen LogP contribution in [-0.2, 0) is 4.79 Å². The number of nitrogens with zero attached hydrogens (tertiary/aromatic N) is 2. The molecule has 1 N–H and O–H groups in total. The number of carbonyl (C=O) groups is 2. The van der Waals surface area contributed by atoms with Crippen LogP contribution in [0.25, 0.3) is 0 Å². The van der Waals surface area contributed by atoms with Crippen molar-refractivity contribution in [2.45, 2.75) is 6.92 Å². The summed E-state index contributed by atoms with van der Waals surface area (Å²) in [7, 11) is 0. The van der Waals surface area contributed by atoms with Gasteiger partial charge in [0.1, 0.15) is 6.61 Å². The summed E-state index contributed by atoms with van der Waals surface area (Å²) < 4.78 is 0.884. The summed E-state index contributed by atoms with van der Waals surface area (Å²) >= 11 is 3.39. The van der Waals surface area contributed by atoms with Crippen LogP contribution in [0.5, 0.6) is 0 Å². The van der Waals surface area contributed by atoms with E-state index in [0.29, 0.717) is 31.7 Å². The molecule has 0 unspecified atom stereocenters. The summed E-state index contributed by atoms with van der Waals surface area (Å²) in [5.41, 5.74) is 1.68. The van der Waals surface area contributed by atoms with E-state index in [0.717, 1.165) is 10.0 Å². The Bertz CT molecular complexity index is 505. The maximum Gasteiger partial charge on any atom is 0.254 e. The minimum atomic E-state index is -0.473. The zero-order valence-electron chi connectivity index (χ0n) is 11.3. The van der Waals surface area contributed by atoms with Crippen molar-refractivity contribution >= 4 is 27.7 Å². The molecule has 1 aliphatic rings. The van der Waals surface area contributed by atoms with Crippen LogP contribution in [0.4, 0.5) is 0 Å². The third-order valence-electron chi connectivity index (χ3n) is 3.34. The van der Waals surface area contributed by atoms with Gasteiger partial charge in [0, 0.05) is 36.2 Å². The first-order valence-corrected chi connectivity index (χ1v) is 7.25. The molecule has 0 atom stereocenters. The van der Waals surface area contributed by atoms with E-state index >= 15 is 0 Å². The quantitative estimate of drug-likeness (QED) is 0.874. The number of benzene rings is 1. The first-order valence-electron chi connectivity index (χ1n) is 6.46. The molecule has 108 valence electrons. The summed E-state index contributed by atoms with van der Waals surface area (Å²) in [6.45, 7) is 3.40. The number of rotatable bonds is 2. The average Bonchev–Trinajstić information content (AvgIpc) is 2.45. The van der Waals surface area contributed by atoms with Crippen LogP contribution in [0.15, 0.2) is 22.7 Å². The third kappa shape index (κ3) is 3.37. The van der Waals surface area contributed by atoms with Crippen molar-refractivity contribution in [3.8, 4) is 0 Å². The van der Waals surface area contributed by atoms with E-state index in [1.807, 2.05) is 19.1 Å². The van der Waals surface area contributed by atoms with Gasteiger partial charge in [0.15, 0.2) is 0 Å². The van der Waals surface area contributed by atoms with Crippen molar-refractivity contribution in [3.63, 3.8) is 0 Å². The van der Waals surface area contributed by atoms with Crippen molar-refractivity contribution < 1.29 is 14.7 Å². The number of amides is 2. The number of hydrogen-bond donors (Lipinski definition) is 1. The lowest BCUT2D eigenvalue weighted by Crippen LogP contribution is -2.51. The number of piperazine rings is 1. The lowest BCUT2D eigenvalue weighted by atomic mass is 10.1. The molecular weight excluding hydrogens is 324 g/mol. The zero-order valence-corrected chi connectivity index (χ0v) is 12.9. The second-order valence-corrected chi connectivity index (χ2v) is 5.76. The van der Waals surface area contributed by atoms with Gasteiger partial charge in [-0.25, -0.2) is 0 Å². The van der Waals surface area contributed by atoms with Gasteiger partial charge in [0.05, 0.1) is 0 Å². The molecule has 0 aromatic heterocycles. The molecule has 2 rings (SSSR count). The van der Waals surface area contributed by atoms with Crippen molar-refractivity contribution in [2.75, 3.05) is 32.8 Å². The van der Waals surface area contributed by atoms with Crippen LogP contribution in [0, 0.1) is 6.92 Å². The van der Waals surface area contributed by atoms with Gasteiger partial charge < -0.3 is 14.9 Å². The Balaban J connectivity index is 2.03. The van der Waals surface area contributed by atoms with E-state index in [1.165, 1.54) is 0 Å². The number of aliphatic hydroxyl groups is 1. The van der Waals surface area contributed by atoms with Crippen LogP contribution in [0.2, 0.25) is 0 Å². The smallest absolute Gasteiger partial charge is 0.254 e. The number of carbonyl (C=O) groups excluding carboxylic acids is 2. The monoisotopic (exact) mass is 340 g/mol. The molecule has 0 aliphatic carbocycles. The summed E-state index contributed by atoms with van der Waals surface area (Å²) in [4.78, 5) is 27.1. The maximum atomic E-state index is 12.4. The minimum Gasteiger partial charge on any atom is -0.387 e. The molecule has 1 fully saturated rings. The van der Waals surface area contributed by atoms with Gasteiger partial charge in [0.25, 0.3) is 5.91 Å². The van der Waals surface area contributed by atoms with Gasteiger partial charge in [-0.1, -0.05) is 15.9 Å². The summed E-state index contributed by atoms with van der Waals surface area (Å²) in [6, 6.07) is 5.62. The third-order valence-corrected chi connectivity index (χ3v) is 3.80. The fourth-order valence-corrected chi connectivity index (χ4v) is 2.91. The van der Waals surface area contributed by atoms with E-state index in [1.54, 1.807) is 15.9 Å². The Labute approximate surface area is 126 Å². The van der Waals surface area contributed by atoms with Crippen molar-refractivity contribution in [1.29, 1.82) is 0 Å². The molecule has 20 heavy (non-hydrogen) atoms. The van der Waals surface area contributed by atoms with Crippen LogP contribution >= 0.6 is 15.9 Å². The Morgan fingerprint density at radius 2 is 1.75 bits per heavy atom. The minimum absolute atomic E-state index is 0.0227. The van der Waals surface area contributed by atoms with Gasteiger partial charge in [-0.05, 0) is 30.7 Å². The Kier molecular flexibility index (Phi) is 4.77. The van der Waals surface area contributed by atoms with Gasteiger partial charge in [0.2, 0.25) is 5.91 Å². The molecule has 5 nitrogen and oxygen atoms in total. The van der Waals surface area contributed by atoms with E-state index < -0.39 is 6.61 Å². The number of hydrogen-bond acceptors (Lipinski definition) is 3. The van der Waals surface area contributed by atoms with E-state index in [9.17, 15) is 9.59 Å². The molecule has 0 spiro atoms. The Morgan fingerprint density at radius 1 is 1.15 bits per heavy atom. The highest BCUT2D eigenvalue weighted by Crippen LogP contribution is 2.17. The molecule has 0 radical (unpaired) electrons. The predicted molar refractivity (Wildman–Crippen MR) is 78.4 cm³/mol. The molecule has 2 amide bonds. The lowest BCUT2D eigenvalue weighted by molar-refractivity contribution is -0.135. The summed E-state index contributed by atoms with van der Waals surface area (Å²) in [5.74, 6) is -0.305. The number of aryl methyl sites for hydroxylation is 1. The first kappa shape index (κ1) is 15.0. The first-order chi connectivity index (χ1) is 9.51. The van der Waals surface area contributed by atoms with Crippen LogP contribution < -0.4 is 0 Å². The van der Waals surface area contributed by atoms with E-state index in [4.69, 9.17) is 5.11 Å². The SMILES string of the molecule is Cc1cc(Br)cc(C(=O)N2CCN(C(=O)CO)CC2)c1. The Morgan fingerprint density at radius 3 is 2.30 bits per heavy atom. The average molecular weight is 341 g/mol. The van der Waals surface area contributed by atoms with Crippen molar-refractivity contribution in [3.05, 3.63) is 33.8 Å². The molecule has 1 aromatic carbocycles. The normalized spacial score (nSPS) is 15.3. The highest BCUT2D eigenvalue weighted by atomic mass is 79.9. The molecule has 1 saturated heterocycles. The van der Waals surface area contributed by atoms with Gasteiger partial charge >= 0.3 is 0 Å². The van der Waals surface area contributed by atoms with Gasteiger partial charge in [-0.2, -0.15) is 0 Å². The predicted octanol–water partition coefficient (Wildman–Crippen LogP) is 1.03. The standard InChI is InChI=1S/C14H17BrN2O3/c1-10-6-11(8-12(15)7-10)14(20)17-4-2-16(3-5-17)13(19)9-18/h6-8,18H,2-5,9H2,1H3. The van der Waals surface area contributed by atoms with Gasteiger partial charge in [-0.3, -0.25) is 9.59 Å². The highest BCUT2D eigenvalue weighted by molar-refractivity contribution is 9.10.